The van der Waals surface area contributed by atoms with Crippen LogP contribution in [0.25, 0.3) is 10.9 Å². The molecule has 2 saturated carbocycles. The summed E-state index contributed by atoms with van der Waals surface area (Å²) in [6, 6.07) is 13.4. The normalized spacial score (nSPS) is 24.4. The van der Waals surface area contributed by atoms with Crippen molar-refractivity contribution in [1.29, 1.82) is 0 Å². The van der Waals surface area contributed by atoms with Gasteiger partial charge in [-0.15, -0.1) is 0 Å². The Kier molecular flexibility index (Phi) is 17.8. The van der Waals surface area contributed by atoms with Crippen molar-refractivity contribution < 1.29 is 46.6 Å². The minimum Gasteiger partial charge on any atom is -0.377 e. The molecule has 6 atom stereocenters. The molecule has 4 heterocycles. The third-order valence-electron chi connectivity index (χ3n) is 15.6. The Morgan fingerprint density at radius 1 is 0.851 bits per heavy atom. The molecule has 2 saturated heterocycles. The number of benzene rings is 2. The zero-order valence-electron chi connectivity index (χ0n) is 42.6. The van der Waals surface area contributed by atoms with Crippen molar-refractivity contribution in [2.24, 2.45) is 11.8 Å². The highest BCUT2D eigenvalue weighted by atomic mass is 19.4. The highest BCUT2D eigenvalue weighted by molar-refractivity contribution is 5.95. The molecule has 2 aliphatic heterocycles. The number of alkyl halides is 3. The van der Waals surface area contributed by atoms with Gasteiger partial charge in [-0.1, -0.05) is 18.2 Å². The fraction of sp³-hybridized carbons (Fsp3) is 0.556. The fourth-order valence-corrected chi connectivity index (χ4v) is 11.2. The van der Waals surface area contributed by atoms with Crippen molar-refractivity contribution in [2.75, 3.05) is 65.5 Å². The lowest BCUT2D eigenvalue weighted by molar-refractivity contribution is -0.137. The second-order valence-corrected chi connectivity index (χ2v) is 20.4. The summed E-state index contributed by atoms with van der Waals surface area (Å²) < 4.78 is 52.1. The molecule has 17 nitrogen and oxygen atoms in total. The first-order chi connectivity index (χ1) is 35.6. The molecule has 8 rings (SSSR count). The maximum atomic E-state index is 14.1. The molecular formula is C54H69F3N10O7. The number of ether oxygens (including phenoxy) is 2. The quantitative estimate of drug-likeness (QED) is 0.0769. The van der Waals surface area contributed by atoms with Gasteiger partial charge >= 0.3 is 6.18 Å². The van der Waals surface area contributed by atoms with E-state index in [1.807, 2.05) is 35.2 Å². The van der Waals surface area contributed by atoms with Crippen LogP contribution < -0.4 is 21.3 Å². The van der Waals surface area contributed by atoms with Gasteiger partial charge < -0.3 is 45.4 Å². The van der Waals surface area contributed by atoms with Gasteiger partial charge in [-0.25, -0.2) is 9.97 Å². The number of fused-ring (bicyclic) bond motifs is 1. The van der Waals surface area contributed by atoms with Gasteiger partial charge in [0.25, 0.3) is 5.91 Å². The summed E-state index contributed by atoms with van der Waals surface area (Å²) in [4.78, 5) is 84.7. The van der Waals surface area contributed by atoms with E-state index < -0.39 is 23.7 Å². The topological polar surface area (TPSA) is 200 Å². The van der Waals surface area contributed by atoms with Gasteiger partial charge in [0.05, 0.1) is 61.6 Å². The third kappa shape index (κ3) is 13.0. The molecule has 2 aromatic heterocycles. The van der Waals surface area contributed by atoms with Gasteiger partial charge in [0.15, 0.2) is 0 Å². The maximum absolute atomic E-state index is 14.1. The lowest BCUT2D eigenvalue weighted by Gasteiger charge is -2.44. The lowest BCUT2D eigenvalue weighted by Crippen LogP contribution is -2.58. The first-order valence-corrected chi connectivity index (χ1v) is 26.0. The van der Waals surface area contributed by atoms with Crippen molar-refractivity contribution in [3.05, 3.63) is 95.6 Å². The van der Waals surface area contributed by atoms with Crippen LogP contribution >= 0.6 is 0 Å². The van der Waals surface area contributed by atoms with E-state index in [4.69, 9.17) is 9.47 Å². The molecule has 74 heavy (non-hydrogen) atoms. The summed E-state index contributed by atoms with van der Waals surface area (Å²) in [6.07, 6.45) is 5.95. The van der Waals surface area contributed by atoms with E-state index in [2.05, 4.69) is 62.0 Å². The van der Waals surface area contributed by atoms with Gasteiger partial charge in [-0.2, -0.15) is 13.2 Å². The summed E-state index contributed by atoms with van der Waals surface area (Å²) in [5.74, 6) is -0.855. The molecule has 4 N–H and O–H groups in total. The standard InChI is InChI=1S/C54H69F3N10O7/c1-33(2)65(3)40-16-18-46(67-23-19-44(53(67)72)63-49-41-28-39(54(55,56)57)15-17-43(41)61-32-62-49)45(29-40)64-51(70)37-13-9-35(10-14-37)34-7-11-36(12-8-34)50(69)59-21-24-73-26-27-74-25-22-60-52(71)42-30-47(68)66(4)48(42)38-6-5-20-58-31-38/h5-6,9-10,13-15,17,20,28,31-34,36,40,42,44-46,48H,7-8,11-12,16,18-19,21-27,29-30H2,1-4H3,(H,59,69)(H,60,71)(H,64,70)(H,61,62,63)/t34?,36?,40-,42+,44+,45-,46+,48-/m1/s1. The first kappa shape index (κ1) is 54.0. The van der Waals surface area contributed by atoms with Crippen LogP contribution in [0.2, 0.25) is 0 Å². The Labute approximate surface area is 430 Å². The van der Waals surface area contributed by atoms with E-state index in [0.29, 0.717) is 76.4 Å². The summed E-state index contributed by atoms with van der Waals surface area (Å²) in [7, 11) is 3.78. The highest BCUT2D eigenvalue weighted by Gasteiger charge is 2.45. The van der Waals surface area contributed by atoms with Gasteiger partial charge in [-0.3, -0.25) is 29.0 Å². The number of aromatic nitrogens is 3. The average molecular weight is 1030 g/mol. The van der Waals surface area contributed by atoms with Crippen molar-refractivity contribution >= 4 is 46.3 Å². The Balaban J connectivity index is 0.749. The van der Waals surface area contributed by atoms with E-state index in [0.717, 1.165) is 55.4 Å². The number of anilines is 1. The molecule has 0 bridgehead atoms. The Morgan fingerprint density at radius 2 is 1.57 bits per heavy atom. The van der Waals surface area contributed by atoms with Crippen molar-refractivity contribution in [3.63, 3.8) is 0 Å². The number of carbonyl (C=O) groups is 5. The zero-order valence-corrected chi connectivity index (χ0v) is 42.6. The van der Waals surface area contributed by atoms with E-state index in [9.17, 15) is 37.1 Å². The molecule has 0 spiro atoms. The van der Waals surface area contributed by atoms with Gasteiger partial charge in [0.1, 0.15) is 18.2 Å². The summed E-state index contributed by atoms with van der Waals surface area (Å²) in [5, 5.41) is 12.5. The number of pyridine rings is 1. The predicted molar refractivity (Wildman–Crippen MR) is 271 cm³/mol. The number of hydrogen-bond acceptors (Lipinski definition) is 12. The molecule has 0 radical (unpaired) electrons. The number of likely N-dealkylation sites (tertiary alicyclic amines) is 2. The number of nitrogens with one attached hydrogen (secondary N) is 4. The number of halogens is 3. The third-order valence-corrected chi connectivity index (χ3v) is 15.6. The zero-order chi connectivity index (χ0) is 52.5. The predicted octanol–water partition coefficient (Wildman–Crippen LogP) is 5.88. The van der Waals surface area contributed by atoms with E-state index in [1.165, 1.54) is 12.4 Å². The molecule has 4 aliphatic rings. The van der Waals surface area contributed by atoms with Crippen LogP contribution in [-0.2, 0) is 34.8 Å². The summed E-state index contributed by atoms with van der Waals surface area (Å²) in [5.41, 5.74) is 1.96. The van der Waals surface area contributed by atoms with Crippen LogP contribution in [0.1, 0.15) is 111 Å². The molecule has 398 valence electrons. The smallest absolute Gasteiger partial charge is 0.377 e. The van der Waals surface area contributed by atoms with Crippen molar-refractivity contribution in [2.45, 2.75) is 120 Å². The molecule has 2 aliphatic carbocycles. The maximum Gasteiger partial charge on any atom is 0.416 e. The lowest BCUT2D eigenvalue weighted by atomic mass is 9.78. The Bertz CT molecular complexity index is 2580. The number of carbonyl (C=O) groups excluding carboxylic acids is 5. The Hall–Kier alpha value is -6.25. The molecule has 4 aromatic rings. The minimum absolute atomic E-state index is 0.0135. The van der Waals surface area contributed by atoms with Crippen LogP contribution in [0.5, 0.6) is 0 Å². The molecule has 0 unspecified atom stereocenters. The second-order valence-electron chi connectivity index (χ2n) is 20.4. The van der Waals surface area contributed by atoms with E-state index >= 15 is 0 Å². The number of rotatable bonds is 20. The van der Waals surface area contributed by atoms with Gasteiger partial charge in [0, 0.05) is 74.4 Å². The van der Waals surface area contributed by atoms with Crippen LogP contribution in [-0.4, -0.2) is 150 Å². The number of hydrogen-bond donors (Lipinski definition) is 4. The highest BCUT2D eigenvalue weighted by Crippen LogP contribution is 2.39. The number of amides is 5. The molecule has 4 fully saturated rings. The second kappa shape index (κ2) is 24.4. The summed E-state index contributed by atoms with van der Waals surface area (Å²) >= 11 is 0. The van der Waals surface area contributed by atoms with Gasteiger partial charge in [-0.05, 0) is 126 Å². The fourth-order valence-electron chi connectivity index (χ4n) is 11.2. The minimum atomic E-state index is -4.55. The van der Waals surface area contributed by atoms with Crippen molar-refractivity contribution in [3.8, 4) is 0 Å². The van der Waals surface area contributed by atoms with Crippen molar-refractivity contribution in [1.82, 2.24) is 45.6 Å². The monoisotopic (exact) mass is 1030 g/mol. The van der Waals surface area contributed by atoms with Crippen LogP contribution in [0, 0.1) is 11.8 Å². The molecule has 5 amide bonds. The largest absolute Gasteiger partial charge is 0.416 e. The van der Waals surface area contributed by atoms with E-state index in [-0.39, 0.29) is 89.2 Å². The molecule has 20 heteroatoms. The Morgan fingerprint density at radius 3 is 2.24 bits per heavy atom. The summed E-state index contributed by atoms with van der Waals surface area (Å²) in [6.45, 7) is 6.67. The number of nitrogens with zero attached hydrogens (tertiary/aromatic N) is 6. The van der Waals surface area contributed by atoms with E-state index in [1.54, 1.807) is 30.4 Å². The first-order valence-electron chi connectivity index (χ1n) is 26.0. The van der Waals surface area contributed by atoms with Crippen LogP contribution in [0.15, 0.2) is 73.3 Å². The average Bonchev–Trinajstić information content (AvgIpc) is 3.92. The van der Waals surface area contributed by atoms with Crippen LogP contribution in [0.4, 0.5) is 19.0 Å². The van der Waals surface area contributed by atoms with Crippen LogP contribution in [0.3, 0.4) is 0 Å². The van der Waals surface area contributed by atoms with Gasteiger partial charge in [0.2, 0.25) is 23.6 Å². The SMILES string of the molecule is CC(C)N(C)[C@@H]1CC[C@H](N2CC[C@H](Nc3ncnc4ccc(C(F)(F)F)cc34)C2=O)[C@H](NC(=O)c2ccc(C3CCC(C(=O)NCCOCCOCCNC(=O)[C@H]4CC(=O)N(C)[C@@H]4c4cccnc4)CC3)cc2)C1. The molecular weight excluding hydrogens is 958 g/mol. The molecule has 2 aromatic carbocycles.